The van der Waals surface area contributed by atoms with E-state index >= 15 is 0 Å². The number of pyridine rings is 1. The molecule has 1 atom stereocenters. The van der Waals surface area contributed by atoms with Gasteiger partial charge in [-0.3, -0.25) is 4.98 Å². The number of rotatable bonds is 6. The molecule has 1 heterocycles. The van der Waals surface area contributed by atoms with Gasteiger partial charge in [0.2, 0.25) is 0 Å². The molecule has 1 unspecified atom stereocenters. The van der Waals surface area contributed by atoms with Gasteiger partial charge in [-0.1, -0.05) is 25.1 Å². The number of nitrogens with zero attached hydrogens (tertiary/aromatic N) is 1. The fraction of sp³-hybridized carbons (Fsp3) is 0.312. The van der Waals surface area contributed by atoms with Crippen molar-refractivity contribution in [1.82, 2.24) is 10.3 Å². The number of hydrogen-bond acceptors (Lipinski definition) is 2. The Kier molecular flexibility index (Phi) is 5.04. The summed E-state index contributed by atoms with van der Waals surface area (Å²) in [5.41, 5.74) is 2.36. The Bertz CT molecular complexity index is 482. The van der Waals surface area contributed by atoms with Gasteiger partial charge in [-0.2, -0.15) is 0 Å². The van der Waals surface area contributed by atoms with Gasteiger partial charge in [0.05, 0.1) is 0 Å². The molecule has 0 amide bonds. The van der Waals surface area contributed by atoms with E-state index in [1.807, 2.05) is 24.4 Å². The molecule has 0 aliphatic rings. The van der Waals surface area contributed by atoms with Gasteiger partial charge in [0.15, 0.2) is 0 Å². The first-order valence-electron chi connectivity index (χ1n) is 6.67. The number of aryl methyl sites for hydroxylation is 1. The fourth-order valence-corrected chi connectivity index (χ4v) is 2.19. The Morgan fingerprint density at radius 3 is 2.63 bits per heavy atom. The highest BCUT2D eigenvalue weighted by Crippen LogP contribution is 2.19. The zero-order valence-corrected chi connectivity index (χ0v) is 11.1. The summed E-state index contributed by atoms with van der Waals surface area (Å²) >= 11 is 0. The molecule has 1 aromatic heterocycles. The number of nitrogens with one attached hydrogen (secondary N) is 1. The smallest absolute Gasteiger partial charge is 0.123 e. The van der Waals surface area contributed by atoms with Crippen LogP contribution in [-0.4, -0.2) is 11.5 Å². The molecule has 1 N–H and O–H groups in total. The summed E-state index contributed by atoms with van der Waals surface area (Å²) in [6.07, 6.45) is 5.62. The van der Waals surface area contributed by atoms with E-state index in [-0.39, 0.29) is 11.9 Å². The molecule has 0 fully saturated rings. The zero-order chi connectivity index (χ0) is 13.5. The lowest BCUT2D eigenvalue weighted by Gasteiger charge is -2.18. The van der Waals surface area contributed by atoms with Gasteiger partial charge in [-0.05, 0) is 48.7 Å². The van der Waals surface area contributed by atoms with E-state index < -0.39 is 0 Å². The quantitative estimate of drug-likeness (QED) is 0.857. The van der Waals surface area contributed by atoms with Crippen molar-refractivity contribution >= 4 is 0 Å². The van der Waals surface area contributed by atoms with Gasteiger partial charge in [-0.15, -0.1) is 0 Å². The van der Waals surface area contributed by atoms with Crippen LogP contribution in [0.1, 0.15) is 30.5 Å². The van der Waals surface area contributed by atoms with Crippen molar-refractivity contribution in [2.24, 2.45) is 0 Å². The first-order valence-corrected chi connectivity index (χ1v) is 6.67. The van der Waals surface area contributed by atoms with Crippen molar-refractivity contribution in [3.63, 3.8) is 0 Å². The van der Waals surface area contributed by atoms with Crippen LogP contribution in [0.2, 0.25) is 0 Å². The maximum Gasteiger partial charge on any atom is 0.123 e. The van der Waals surface area contributed by atoms with E-state index in [0.717, 1.165) is 24.9 Å². The monoisotopic (exact) mass is 258 g/mol. The van der Waals surface area contributed by atoms with Crippen molar-refractivity contribution in [3.05, 3.63) is 65.7 Å². The molecule has 0 aliphatic heterocycles. The molecule has 0 bridgehead atoms. The Balaban J connectivity index is 2.02. The van der Waals surface area contributed by atoms with Crippen LogP contribution >= 0.6 is 0 Å². The van der Waals surface area contributed by atoms with Crippen LogP contribution in [0.4, 0.5) is 4.39 Å². The molecule has 3 heteroatoms. The molecule has 2 nitrogen and oxygen atoms in total. The maximum atomic E-state index is 13.0. The minimum absolute atomic E-state index is 0.189. The molecule has 0 saturated carbocycles. The first-order chi connectivity index (χ1) is 9.29. The van der Waals surface area contributed by atoms with E-state index in [0.29, 0.717) is 0 Å². The van der Waals surface area contributed by atoms with Crippen molar-refractivity contribution in [1.29, 1.82) is 0 Å². The number of hydrogen-bond donors (Lipinski definition) is 1. The van der Waals surface area contributed by atoms with Crippen molar-refractivity contribution in [2.45, 2.75) is 25.8 Å². The summed E-state index contributed by atoms with van der Waals surface area (Å²) in [4.78, 5) is 4.12. The summed E-state index contributed by atoms with van der Waals surface area (Å²) in [6, 6.07) is 11.0. The molecule has 0 spiro atoms. The zero-order valence-electron chi connectivity index (χ0n) is 11.1. The Morgan fingerprint density at radius 2 is 2.00 bits per heavy atom. The van der Waals surface area contributed by atoms with E-state index in [1.54, 1.807) is 6.20 Å². The lowest BCUT2D eigenvalue weighted by atomic mass is 9.99. The number of halogens is 1. The van der Waals surface area contributed by atoms with E-state index in [2.05, 4.69) is 23.3 Å². The maximum absolute atomic E-state index is 13.0. The van der Waals surface area contributed by atoms with Crippen molar-refractivity contribution in [2.75, 3.05) is 6.54 Å². The molecule has 2 aromatic rings. The third kappa shape index (κ3) is 4.14. The highest BCUT2D eigenvalue weighted by Gasteiger charge is 2.10. The Hall–Kier alpha value is -1.74. The topological polar surface area (TPSA) is 24.9 Å². The van der Waals surface area contributed by atoms with E-state index in [1.165, 1.54) is 17.7 Å². The third-order valence-corrected chi connectivity index (χ3v) is 3.17. The molecule has 2 rings (SSSR count). The second kappa shape index (κ2) is 7.00. The normalized spacial score (nSPS) is 12.3. The molecule has 0 radical (unpaired) electrons. The van der Waals surface area contributed by atoms with Crippen LogP contribution in [0, 0.1) is 5.82 Å². The highest BCUT2D eigenvalue weighted by atomic mass is 19.1. The van der Waals surface area contributed by atoms with Gasteiger partial charge in [0.1, 0.15) is 5.82 Å². The lowest BCUT2D eigenvalue weighted by Crippen LogP contribution is -2.21. The van der Waals surface area contributed by atoms with Gasteiger partial charge < -0.3 is 5.32 Å². The van der Waals surface area contributed by atoms with Crippen LogP contribution < -0.4 is 5.32 Å². The molecular weight excluding hydrogens is 239 g/mol. The van der Waals surface area contributed by atoms with Crippen LogP contribution in [0.5, 0.6) is 0 Å². The van der Waals surface area contributed by atoms with Crippen LogP contribution in [-0.2, 0) is 6.42 Å². The van der Waals surface area contributed by atoms with Crippen molar-refractivity contribution < 1.29 is 4.39 Å². The largest absolute Gasteiger partial charge is 0.310 e. The lowest BCUT2D eigenvalue weighted by molar-refractivity contribution is 0.513. The minimum atomic E-state index is -0.189. The predicted molar refractivity (Wildman–Crippen MR) is 75.4 cm³/mol. The minimum Gasteiger partial charge on any atom is -0.310 e. The molecule has 100 valence electrons. The second-order valence-corrected chi connectivity index (χ2v) is 4.56. The number of benzene rings is 1. The second-order valence-electron chi connectivity index (χ2n) is 4.56. The van der Waals surface area contributed by atoms with Gasteiger partial charge in [-0.25, -0.2) is 4.39 Å². The first kappa shape index (κ1) is 13.7. The number of aromatic nitrogens is 1. The summed E-state index contributed by atoms with van der Waals surface area (Å²) < 4.78 is 13.0. The van der Waals surface area contributed by atoms with Crippen molar-refractivity contribution in [3.8, 4) is 0 Å². The third-order valence-electron chi connectivity index (χ3n) is 3.17. The highest BCUT2D eigenvalue weighted by molar-refractivity contribution is 5.20. The average Bonchev–Trinajstić information content (AvgIpc) is 2.46. The standard InChI is InChI=1S/C16H19FN2/c1-2-19-16(14-6-8-15(17)9-7-14)10-5-13-4-3-11-18-12-13/h3-4,6-9,11-12,16,19H,2,5,10H2,1H3. The molecule has 0 saturated heterocycles. The summed E-state index contributed by atoms with van der Waals surface area (Å²) in [7, 11) is 0. The molecule has 0 aliphatic carbocycles. The van der Waals surface area contributed by atoms with E-state index in [4.69, 9.17) is 0 Å². The molecular formula is C16H19FN2. The SMILES string of the molecule is CCNC(CCc1cccnc1)c1ccc(F)cc1. The van der Waals surface area contributed by atoms with Gasteiger partial charge >= 0.3 is 0 Å². The Labute approximate surface area is 113 Å². The molecule has 1 aromatic carbocycles. The summed E-state index contributed by atoms with van der Waals surface area (Å²) in [5.74, 6) is -0.189. The van der Waals surface area contributed by atoms with Crippen LogP contribution in [0.15, 0.2) is 48.8 Å². The van der Waals surface area contributed by atoms with E-state index in [9.17, 15) is 4.39 Å². The average molecular weight is 258 g/mol. The van der Waals surface area contributed by atoms with Gasteiger partial charge in [0, 0.05) is 18.4 Å². The predicted octanol–water partition coefficient (Wildman–Crippen LogP) is 3.50. The van der Waals surface area contributed by atoms with Gasteiger partial charge in [0.25, 0.3) is 0 Å². The Morgan fingerprint density at radius 1 is 1.21 bits per heavy atom. The summed E-state index contributed by atoms with van der Waals surface area (Å²) in [5, 5.41) is 3.45. The van der Waals surface area contributed by atoms with Crippen LogP contribution in [0.3, 0.4) is 0 Å². The van der Waals surface area contributed by atoms with Crippen LogP contribution in [0.25, 0.3) is 0 Å². The summed E-state index contributed by atoms with van der Waals surface area (Å²) in [6.45, 7) is 2.98. The molecule has 19 heavy (non-hydrogen) atoms. The fourth-order valence-electron chi connectivity index (χ4n) is 2.19.